The van der Waals surface area contributed by atoms with Crippen LogP contribution in [0.3, 0.4) is 0 Å². The molecule has 0 rings (SSSR count). The summed E-state index contributed by atoms with van der Waals surface area (Å²) in [6.07, 6.45) is 1.60. The Morgan fingerprint density at radius 1 is 0.857 bits per heavy atom. The Hall–Kier alpha value is -1.37. The van der Waals surface area contributed by atoms with Crippen molar-refractivity contribution in [3.63, 3.8) is 0 Å². The summed E-state index contributed by atoms with van der Waals surface area (Å²) >= 11 is 0. The van der Waals surface area contributed by atoms with Crippen LogP contribution < -0.4 is 0 Å². The van der Waals surface area contributed by atoms with Crippen LogP contribution in [0.2, 0.25) is 6.55 Å². The Labute approximate surface area is 129 Å². The lowest BCUT2D eigenvalue weighted by Gasteiger charge is -2.19. The second-order valence-corrected chi connectivity index (χ2v) is 7.66. The standard InChI is InChI=1S/C14H29N3O3Si/c1-9-12(5)15-18-21(8,19-16-13(6)10-2)20-17-14(7)11(3)4/h11H,9-10H2,1-8H3/b15-12-,16-13-,17-14+. The fraction of sp³-hybridized carbons (Fsp3) is 0.786. The first-order chi connectivity index (χ1) is 9.74. The molecule has 0 heterocycles. The van der Waals surface area contributed by atoms with Gasteiger partial charge in [0.15, 0.2) is 0 Å². The van der Waals surface area contributed by atoms with Gasteiger partial charge in [0, 0.05) is 6.55 Å². The van der Waals surface area contributed by atoms with Crippen molar-refractivity contribution >= 4 is 25.9 Å². The minimum absolute atomic E-state index is 0.296. The predicted molar refractivity (Wildman–Crippen MR) is 89.6 cm³/mol. The molecule has 0 saturated heterocycles. The highest BCUT2D eigenvalue weighted by atomic mass is 28.4. The first kappa shape index (κ1) is 19.6. The van der Waals surface area contributed by atoms with Gasteiger partial charge >= 0.3 is 8.80 Å². The van der Waals surface area contributed by atoms with Gasteiger partial charge < -0.3 is 13.6 Å². The van der Waals surface area contributed by atoms with Crippen molar-refractivity contribution in [2.24, 2.45) is 21.4 Å². The van der Waals surface area contributed by atoms with Crippen molar-refractivity contribution in [2.45, 2.75) is 67.9 Å². The molecule has 0 aromatic heterocycles. The number of hydrogen-bond acceptors (Lipinski definition) is 6. The molecule has 0 aliphatic carbocycles. The molecular formula is C14H29N3O3Si. The lowest BCUT2D eigenvalue weighted by Crippen LogP contribution is -2.38. The second-order valence-electron chi connectivity index (χ2n) is 5.38. The Kier molecular flexibility index (Phi) is 8.92. The molecule has 0 atom stereocenters. The van der Waals surface area contributed by atoms with E-state index in [1.807, 2.05) is 48.5 Å². The van der Waals surface area contributed by atoms with Gasteiger partial charge in [0.25, 0.3) is 0 Å². The zero-order valence-electron chi connectivity index (χ0n) is 14.6. The van der Waals surface area contributed by atoms with Gasteiger partial charge in [0.2, 0.25) is 0 Å². The van der Waals surface area contributed by atoms with Gasteiger partial charge in [0.05, 0.1) is 17.1 Å². The first-order valence-corrected chi connectivity index (χ1v) is 9.62. The van der Waals surface area contributed by atoms with Crippen LogP contribution in [0, 0.1) is 5.92 Å². The van der Waals surface area contributed by atoms with Crippen LogP contribution in [0.4, 0.5) is 0 Å². The van der Waals surface area contributed by atoms with Crippen molar-refractivity contribution in [3.8, 4) is 0 Å². The van der Waals surface area contributed by atoms with Gasteiger partial charge in [-0.25, -0.2) is 0 Å². The van der Waals surface area contributed by atoms with Gasteiger partial charge in [-0.1, -0.05) is 27.7 Å². The van der Waals surface area contributed by atoms with Gasteiger partial charge in [-0.05, 0) is 39.5 Å². The highest BCUT2D eigenvalue weighted by Crippen LogP contribution is 2.13. The Morgan fingerprint density at radius 2 is 1.24 bits per heavy atom. The highest BCUT2D eigenvalue weighted by molar-refractivity contribution is 6.59. The number of oxime groups is 3. The third-order valence-electron chi connectivity index (χ3n) is 2.95. The monoisotopic (exact) mass is 315 g/mol. The summed E-state index contributed by atoms with van der Waals surface area (Å²) in [7, 11) is -3.08. The summed E-state index contributed by atoms with van der Waals surface area (Å²) in [6, 6.07) is 0. The quantitative estimate of drug-likeness (QED) is 0.364. The first-order valence-electron chi connectivity index (χ1n) is 7.40. The smallest absolute Gasteiger partial charge is 0.373 e. The van der Waals surface area contributed by atoms with E-state index in [4.69, 9.17) is 13.6 Å². The fourth-order valence-corrected chi connectivity index (χ4v) is 1.81. The average Bonchev–Trinajstić information content (AvgIpc) is 2.47. The molecule has 7 heteroatoms. The van der Waals surface area contributed by atoms with Crippen molar-refractivity contribution in [1.82, 2.24) is 0 Å². The van der Waals surface area contributed by atoms with Crippen molar-refractivity contribution < 1.29 is 13.6 Å². The van der Waals surface area contributed by atoms with Gasteiger partial charge in [0.1, 0.15) is 0 Å². The molecule has 0 aliphatic rings. The number of rotatable bonds is 9. The summed E-state index contributed by atoms with van der Waals surface area (Å²) in [4.78, 5) is 0. The topological polar surface area (TPSA) is 64.8 Å². The number of nitrogens with zero attached hydrogens (tertiary/aromatic N) is 3. The van der Waals surface area contributed by atoms with E-state index in [0.717, 1.165) is 30.0 Å². The lowest BCUT2D eigenvalue weighted by molar-refractivity contribution is 0.0721. The SMILES string of the molecule is CC/C(C)=N\O[Si](C)(O/N=C(/C)CC)O/N=C(\C)C(C)C. The van der Waals surface area contributed by atoms with Crippen molar-refractivity contribution in [1.29, 1.82) is 0 Å². The van der Waals surface area contributed by atoms with Crippen LogP contribution in [-0.2, 0) is 13.6 Å². The van der Waals surface area contributed by atoms with Crippen LogP contribution >= 0.6 is 0 Å². The maximum absolute atomic E-state index is 5.51. The van der Waals surface area contributed by atoms with Crippen molar-refractivity contribution in [2.75, 3.05) is 0 Å². The maximum atomic E-state index is 5.51. The van der Waals surface area contributed by atoms with E-state index >= 15 is 0 Å². The molecule has 0 N–H and O–H groups in total. The molecule has 0 bridgehead atoms. The molecule has 0 unspecified atom stereocenters. The predicted octanol–water partition coefficient (Wildman–Crippen LogP) is 4.21. The Balaban J connectivity index is 5.02. The van der Waals surface area contributed by atoms with Crippen molar-refractivity contribution in [3.05, 3.63) is 0 Å². The van der Waals surface area contributed by atoms with Crippen LogP contribution in [0.15, 0.2) is 15.5 Å². The van der Waals surface area contributed by atoms with Gasteiger partial charge in [-0.15, -0.1) is 15.5 Å². The normalized spacial score (nSPS) is 16.7. The molecule has 0 aromatic rings. The Bertz CT molecular complexity index is 384. The molecule has 0 aliphatic heterocycles. The molecular weight excluding hydrogens is 286 g/mol. The van der Waals surface area contributed by atoms with E-state index < -0.39 is 8.80 Å². The number of hydrogen-bond donors (Lipinski definition) is 0. The largest absolute Gasteiger partial charge is 0.759 e. The molecule has 6 nitrogen and oxygen atoms in total. The van der Waals surface area contributed by atoms with E-state index in [0.29, 0.717) is 5.92 Å². The summed E-state index contributed by atoms with van der Waals surface area (Å²) in [6.45, 7) is 15.5. The zero-order valence-corrected chi connectivity index (χ0v) is 15.6. The van der Waals surface area contributed by atoms with Crippen LogP contribution in [0.5, 0.6) is 0 Å². The fourth-order valence-electron chi connectivity index (χ4n) is 0.761. The van der Waals surface area contributed by atoms with Crippen LogP contribution in [-0.4, -0.2) is 25.9 Å². The Morgan fingerprint density at radius 3 is 1.57 bits per heavy atom. The minimum atomic E-state index is -3.08. The second kappa shape index (κ2) is 9.54. The molecule has 0 saturated carbocycles. The maximum Gasteiger partial charge on any atom is 0.759 e. The summed E-state index contributed by atoms with van der Waals surface area (Å²) in [5, 5.41) is 12.2. The lowest BCUT2D eigenvalue weighted by atomic mass is 10.1. The summed E-state index contributed by atoms with van der Waals surface area (Å²) < 4.78 is 16.5. The van der Waals surface area contributed by atoms with Crippen LogP contribution in [0.1, 0.15) is 61.3 Å². The zero-order chi connectivity index (χ0) is 16.5. The molecule has 0 aromatic carbocycles. The molecule has 0 spiro atoms. The third kappa shape index (κ3) is 8.49. The van der Waals surface area contributed by atoms with E-state index in [2.05, 4.69) is 15.5 Å². The van der Waals surface area contributed by atoms with E-state index in [1.165, 1.54) is 0 Å². The molecule has 122 valence electrons. The van der Waals surface area contributed by atoms with Crippen LogP contribution in [0.25, 0.3) is 0 Å². The van der Waals surface area contributed by atoms with E-state index in [9.17, 15) is 0 Å². The highest BCUT2D eigenvalue weighted by Gasteiger charge is 2.45. The van der Waals surface area contributed by atoms with E-state index in [1.54, 1.807) is 6.55 Å². The van der Waals surface area contributed by atoms with Gasteiger partial charge in [-0.2, -0.15) is 0 Å². The third-order valence-corrected chi connectivity index (χ3v) is 4.22. The molecule has 0 radical (unpaired) electrons. The molecule has 0 amide bonds. The van der Waals surface area contributed by atoms with E-state index in [-0.39, 0.29) is 0 Å². The van der Waals surface area contributed by atoms with Gasteiger partial charge in [-0.3, -0.25) is 0 Å². The molecule has 0 fully saturated rings. The summed E-state index contributed by atoms with van der Waals surface area (Å²) in [5.41, 5.74) is 2.59. The summed E-state index contributed by atoms with van der Waals surface area (Å²) in [5.74, 6) is 0.296. The minimum Gasteiger partial charge on any atom is -0.373 e. The molecule has 21 heavy (non-hydrogen) atoms. The average molecular weight is 315 g/mol.